The number of phenolic OH excluding ortho intramolecular Hbond substituents is 1. The lowest BCUT2D eigenvalue weighted by molar-refractivity contribution is -0.142. The fourth-order valence-corrected chi connectivity index (χ4v) is 10.0. The molecule has 0 bridgehead atoms. The normalized spacial score (nSPS) is 24.2. The molecule has 12 nitrogen and oxygen atoms in total. The number of nitrogens with one attached hydrogen (secondary N) is 2. The van der Waals surface area contributed by atoms with Gasteiger partial charge in [-0.05, 0) is 123 Å². The van der Waals surface area contributed by atoms with Crippen LogP contribution in [0.1, 0.15) is 100 Å². The van der Waals surface area contributed by atoms with Crippen molar-refractivity contribution >= 4 is 23.6 Å². The number of hydrogen-bond donors (Lipinski definition) is 7. The summed E-state index contributed by atoms with van der Waals surface area (Å²) in [6.45, 7) is 7.78. The van der Waals surface area contributed by atoms with Crippen molar-refractivity contribution < 1.29 is 39.9 Å². The molecular formula is C53H69N4O8+. The lowest BCUT2D eigenvalue weighted by atomic mass is 9.73. The van der Waals surface area contributed by atoms with Gasteiger partial charge in [0.15, 0.2) is 34.9 Å². The predicted octanol–water partition coefficient (Wildman–Crippen LogP) is 6.38. The van der Waals surface area contributed by atoms with Gasteiger partial charge < -0.3 is 40.9 Å². The molecule has 0 amide bonds. The van der Waals surface area contributed by atoms with E-state index in [2.05, 4.69) is 41.3 Å². The van der Waals surface area contributed by atoms with Gasteiger partial charge in [-0.3, -0.25) is 9.59 Å². The topological polar surface area (TPSA) is 194 Å². The average molecular weight is 890 g/mol. The first kappa shape index (κ1) is 49.4. The first-order valence-electron chi connectivity index (χ1n) is 23.6. The van der Waals surface area contributed by atoms with Gasteiger partial charge in [0.2, 0.25) is 0 Å². The van der Waals surface area contributed by atoms with Crippen molar-refractivity contribution in [1.29, 1.82) is 0 Å². The van der Waals surface area contributed by atoms with Crippen molar-refractivity contribution in [2.75, 3.05) is 38.7 Å². The third-order valence-electron chi connectivity index (χ3n) is 13.4. The van der Waals surface area contributed by atoms with Crippen molar-refractivity contribution in [2.24, 2.45) is 40.5 Å². The summed E-state index contributed by atoms with van der Waals surface area (Å²) in [7, 11) is 1.47. The lowest BCUT2D eigenvalue weighted by Crippen LogP contribution is -2.39. The van der Waals surface area contributed by atoms with Crippen molar-refractivity contribution in [3.05, 3.63) is 101 Å². The van der Waals surface area contributed by atoms with Crippen LogP contribution in [0.2, 0.25) is 0 Å². The fraction of sp³-hybridized carbons (Fsp3) is 0.528. The molecule has 3 aromatic rings. The number of aliphatic imine (C=N–C) groups is 1. The molecule has 2 aromatic carbocycles. The molecule has 2 heterocycles. The molecule has 0 radical (unpaired) electrons. The van der Waals surface area contributed by atoms with Gasteiger partial charge in [0, 0.05) is 50.7 Å². The highest BCUT2D eigenvalue weighted by atomic mass is 16.5. The highest BCUT2D eigenvalue weighted by molar-refractivity contribution is 6.06. The number of ketones is 2. The van der Waals surface area contributed by atoms with E-state index in [1.165, 1.54) is 7.11 Å². The van der Waals surface area contributed by atoms with Gasteiger partial charge in [0.05, 0.1) is 37.6 Å². The number of fused-ring (bicyclic) bond motifs is 2. The Morgan fingerprint density at radius 1 is 1.00 bits per heavy atom. The van der Waals surface area contributed by atoms with Gasteiger partial charge in [-0.1, -0.05) is 55.5 Å². The second kappa shape index (κ2) is 23.9. The molecule has 1 aliphatic heterocycles. The number of aliphatic hydroxyl groups excluding tert-OH is 4. The Bertz CT molecular complexity index is 2160. The van der Waals surface area contributed by atoms with Gasteiger partial charge in [-0.15, -0.1) is 4.99 Å². The molecule has 65 heavy (non-hydrogen) atoms. The van der Waals surface area contributed by atoms with Crippen LogP contribution < -0.4 is 15.4 Å². The zero-order valence-electron chi connectivity index (χ0n) is 38.5. The molecule has 0 unspecified atom stereocenters. The number of benzene rings is 2. The third kappa shape index (κ3) is 13.3. The van der Waals surface area contributed by atoms with Crippen LogP contribution in [-0.4, -0.2) is 100.0 Å². The molecule has 0 saturated heterocycles. The van der Waals surface area contributed by atoms with Crippen LogP contribution >= 0.6 is 0 Å². The minimum absolute atomic E-state index is 0.00602. The maximum absolute atomic E-state index is 14.8. The van der Waals surface area contributed by atoms with Crippen LogP contribution in [-0.2, 0) is 22.4 Å². The zero-order valence-corrected chi connectivity index (χ0v) is 38.5. The number of ether oxygens (including phenoxy) is 1. The number of carbonyl (C=O) groups is 2. The number of anilines is 1. The predicted molar refractivity (Wildman–Crippen MR) is 254 cm³/mol. The van der Waals surface area contributed by atoms with Crippen molar-refractivity contribution in [3.63, 3.8) is 0 Å². The number of aromatic hydroxyl groups is 1. The number of methoxy groups -OCH3 is 1. The maximum Gasteiger partial charge on any atom is 0.177 e. The second-order valence-electron chi connectivity index (χ2n) is 18.5. The monoisotopic (exact) mass is 890 g/mol. The van der Waals surface area contributed by atoms with E-state index in [0.29, 0.717) is 70.4 Å². The van der Waals surface area contributed by atoms with Gasteiger partial charge in [-0.2, -0.15) is 0 Å². The number of Topliss-reactive ketones (excluding diaryl/α,β-unsaturated/α-hetero) is 2. The Labute approximate surface area is 385 Å². The molecule has 6 rings (SSSR count). The maximum atomic E-state index is 14.8. The largest absolute Gasteiger partial charge is 0.504 e. The molecule has 1 aromatic heterocycles. The first-order chi connectivity index (χ1) is 31.4. The van der Waals surface area contributed by atoms with Gasteiger partial charge in [0.25, 0.3) is 0 Å². The molecule has 2 aliphatic carbocycles. The molecule has 1 saturated carbocycles. The number of aromatic nitrogens is 1. The van der Waals surface area contributed by atoms with E-state index in [1.807, 2.05) is 54.8 Å². The van der Waals surface area contributed by atoms with Crippen molar-refractivity contribution in [3.8, 4) is 23.3 Å². The van der Waals surface area contributed by atoms with E-state index in [1.54, 1.807) is 25.3 Å². The molecular weight excluding hydrogens is 821 g/mol. The molecule has 10 atom stereocenters. The summed E-state index contributed by atoms with van der Waals surface area (Å²) in [4.78, 5) is 37.9. The van der Waals surface area contributed by atoms with Crippen LogP contribution in [0.4, 0.5) is 5.82 Å². The minimum atomic E-state index is -1.83. The Morgan fingerprint density at radius 3 is 2.54 bits per heavy atom. The number of rotatable bonds is 19. The van der Waals surface area contributed by atoms with Crippen LogP contribution in [0.25, 0.3) is 0 Å². The number of pyridine rings is 1. The lowest BCUT2D eigenvalue weighted by Gasteiger charge is -2.33. The number of hydrogen-bond acceptors (Lipinski definition) is 12. The van der Waals surface area contributed by atoms with E-state index < -0.39 is 47.6 Å². The van der Waals surface area contributed by atoms with Crippen LogP contribution in [0, 0.1) is 53.3 Å². The second-order valence-corrected chi connectivity index (χ2v) is 18.5. The highest BCUT2D eigenvalue weighted by Gasteiger charge is 2.44. The summed E-state index contributed by atoms with van der Waals surface area (Å²) in [6, 6.07) is 17.2. The van der Waals surface area contributed by atoms with Gasteiger partial charge >= 0.3 is 0 Å². The number of phenols is 1. The van der Waals surface area contributed by atoms with Crippen molar-refractivity contribution in [2.45, 2.75) is 109 Å². The summed E-state index contributed by atoms with van der Waals surface area (Å²) < 4.78 is 5.47. The first-order valence-corrected chi connectivity index (χ1v) is 23.6. The van der Waals surface area contributed by atoms with Crippen LogP contribution in [0.5, 0.6) is 11.5 Å². The average Bonchev–Trinajstić information content (AvgIpc) is 3.69. The quantitative estimate of drug-likeness (QED) is 0.0306. The number of allylic oxidation sites excluding steroid dienone is 1. The van der Waals surface area contributed by atoms with Gasteiger partial charge in [-0.25, -0.2) is 4.98 Å². The number of aliphatic hydroxyl groups is 4. The van der Waals surface area contributed by atoms with E-state index in [9.17, 15) is 35.1 Å². The molecule has 3 aliphatic rings. The van der Waals surface area contributed by atoms with E-state index in [-0.39, 0.29) is 54.6 Å². The molecule has 348 valence electrons. The Kier molecular flexibility index (Phi) is 18.2. The molecule has 7 N–H and O–H groups in total. The number of nitrogens with zero attached hydrogens (tertiary/aromatic N) is 2. The standard InChI is InChI=1S/C53H68N4O8/c1-5-10-44(48(61)28-42-25-41(32-57-42)33(2)30-54-31-34(3)59)40-23-36(21-35-17-19-56-51(24-35)55-18-9-20-58)22-38-13-15-43(37-11-7-6-8-12-37)45-29-49(62)50(65-4)27-39(45)14-16-47(60)53(64)52(63)46(38)26-40/h6-8,11-12,17,19,24-25,27,29,32-34,36,38,40,43-44,46,48,53-54,58-59,61,64H,5,9-10,14,16,18,20-23,26,28,30-31H2,1-4H3,(H-,55,56,62)/p+1/t33-,34+,36+,38-,40-,43-,44+,46+,48-,53+/m1/s1. The number of carbonyl (C=O) groups excluding carboxylic acids is 2. The Morgan fingerprint density at radius 2 is 1.80 bits per heavy atom. The molecule has 0 spiro atoms. The van der Waals surface area contributed by atoms with Crippen LogP contribution in [0.15, 0.2) is 77.6 Å². The Hall–Kier alpha value is -5.03. The third-order valence-corrected chi connectivity index (χ3v) is 13.4. The van der Waals surface area contributed by atoms with E-state index in [4.69, 9.17) is 9.73 Å². The minimum Gasteiger partial charge on any atom is -0.504 e. The van der Waals surface area contributed by atoms with Gasteiger partial charge in [0.1, 0.15) is 24.0 Å². The summed E-state index contributed by atoms with van der Waals surface area (Å²) in [5.41, 5.74) is 4.21. The fourth-order valence-electron chi connectivity index (χ4n) is 10.0. The molecule has 12 heteroatoms. The smallest absolute Gasteiger partial charge is 0.177 e. The summed E-state index contributed by atoms with van der Waals surface area (Å²) in [5.74, 6) is 6.05. The summed E-state index contributed by atoms with van der Waals surface area (Å²) >= 11 is 0. The SMILES string of the molecule is CCC[C@@H]([C@@H]1C[C@@H](Cc2ccnc(NCCCO)c2)C[C@H]2C#C[C@H](c3ccccc3)c3cc(O)c(OC)cc3CCC(=O)[C@H](O)C(=O)[C@H]2C1)[C@H](O)CC1=C[C+]([C@H](C)CNC[C@H](C)O)C=N1. The zero-order chi connectivity index (χ0) is 46.5. The molecule has 1 fully saturated rings. The Balaban J connectivity index is 1.40. The van der Waals surface area contributed by atoms with Crippen LogP contribution in [0.3, 0.4) is 0 Å². The highest BCUT2D eigenvalue weighted by Crippen LogP contribution is 2.45. The van der Waals surface area contributed by atoms with E-state index >= 15 is 0 Å². The summed E-state index contributed by atoms with van der Waals surface area (Å²) in [5, 5.41) is 60.7. The summed E-state index contributed by atoms with van der Waals surface area (Å²) in [6.07, 6.45) is 7.40. The number of aryl methyl sites for hydroxylation is 1. The van der Waals surface area contributed by atoms with Crippen molar-refractivity contribution in [1.82, 2.24) is 10.3 Å². The van der Waals surface area contributed by atoms with E-state index in [0.717, 1.165) is 40.3 Å².